The van der Waals surface area contributed by atoms with Gasteiger partial charge in [0.25, 0.3) is 0 Å². The monoisotopic (exact) mass is 1040 g/mol. The Hall–Kier alpha value is -7.31. The summed E-state index contributed by atoms with van der Waals surface area (Å²) in [5.74, 6) is -0.159. The highest BCUT2D eigenvalue weighted by Crippen LogP contribution is 2.23. The van der Waals surface area contributed by atoms with E-state index in [1.807, 2.05) is 26.0 Å². The summed E-state index contributed by atoms with van der Waals surface area (Å²) in [4.78, 5) is 94.3. The molecule has 0 bridgehead atoms. The van der Waals surface area contributed by atoms with Gasteiger partial charge in [0.2, 0.25) is 11.8 Å². The SMILES string of the molecule is Cc1nc(N)c2[nH]c(=O)n(Cc3ccc(Oc4ccc(CN(C)C(=O)OCc5ccc(CC(=O)[C@H](CCCNC(N)=O)NC(=O)[C@@H](CC(=O)CCOCCOCCOCCOCCN)C(C)C)cc5)cc4)nc3)c2n1. The van der Waals surface area contributed by atoms with E-state index in [4.69, 9.17) is 45.6 Å². The number of primary amides is 1. The molecule has 2 atom stereocenters. The minimum Gasteiger partial charge on any atom is -0.445 e. The Kier molecular flexibility index (Phi) is 24.0. The van der Waals surface area contributed by atoms with E-state index in [1.165, 1.54) is 9.47 Å². The van der Waals surface area contributed by atoms with Crippen LogP contribution in [0.2, 0.25) is 0 Å². The van der Waals surface area contributed by atoms with Crippen molar-refractivity contribution in [2.24, 2.45) is 23.3 Å². The molecular formula is C52H71N11O12. The number of hydrogen-bond donors (Lipinski definition) is 6. The van der Waals surface area contributed by atoms with Gasteiger partial charge in [-0.1, -0.05) is 56.3 Å². The summed E-state index contributed by atoms with van der Waals surface area (Å²) in [5.41, 5.74) is 19.9. The van der Waals surface area contributed by atoms with E-state index in [2.05, 4.69) is 30.6 Å². The highest BCUT2D eigenvalue weighted by Gasteiger charge is 2.29. The fraction of sp³-hybridized carbons (Fsp3) is 0.481. The van der Waals surface area contributed by atoms with Crippen LogP contribution in [0.15, 0.2) is 71.7 Å². The number of nitrogen functional groups attached to an aromatic ring is 1. The number of nitrogens with zero attached hydrogens (tertiary/aromatic N) is 5. The molecule has 0 spiro atoms. The highest BCUT2D eigenvalue weighted by atomic mass is 16.6. The quantitative estimate of drug-likeness (QED) is 0.0320. The van der Waals surface area contributed by atoms with Gasteiger partial charge in [0.1, 0.15) is 29.5 Å². The number of ether oxygens (including phenoxy) is 6. The average Bonchev–Trinajstić information content (AvgIpc) is 3.69. The van der Waals surface area contributed by atoms with Gasteiger partial charge in [0.05, 0.1) is 65.4 Å². The van der Waals surface area contributed by atoms with E-state index in [-0.39, 0.29) is 87.5 Å². The van der Waals surface area contributed by atoms with Crippen LogP contribution in [-0.4, -0.2) is 138 Å². The fourth-order valence-corrected chi connectivity index (χ4v) is 7.63. The van der Waals surface area contributed by atoms with Gasteiger partial charge in [0, 0.05) is 64.1 Å². The lowest BCUT2D eigenvalue weighted by molar-refractivity contribution is -0.134. The molecule has 0 fully saturated rings. The molecule has 0 saturated carbocycles. The number of nitrogens with two attached hydrogens (primary N) is 3. The molecule has 23 heteroatoms. The maximum absolute atomic E-state index is 13.7. The number of ketones is 2. The van der Waals surface area contributed by atoms with Crippen molar-refractivity contribution in [1.82, 2.24) is 40.0 Å². The predicted molar refractivity (Wildman–Crippen MR) is 278 cm³/mol. The first-order valence-corrected chi connectivity index (χ1v) is 24.9. The number of urea groups is 1. The molecule has 406 valence electrons. The number of carbonyl (C=O) groups excluding carboxylic acids is 5. The largest absolute Gasteiger partial charge is 0.445 e. The summed E-state index contributed by atoms with van der Waals surface area (Å²) in [7, 11) is 1.62. The van der Waals surface area contributed by atoms with Crippen molar-refractivity contribution in [3.8, 4) is 11.6 Å². The predicted octanol–water partition coefficient (Wildman–Crippen LogP) is 3.71. The molecule has 5 aromatic rings. The maximum atomic E-state index is 13.7. The second-order valence-electron chi connectivity index (χ2n) is 18.1. The number of aromatic nitrogens is 5. The number of Topliss-reactive ketones (excluding diaryl/α,β-unsaturated/α-hetero) is 2. The Bertz CT molecular complexity index is 2660. The first kappa shape index (κ1) is 58.6. The van der Waals surface area contributed by atoms with E-state index in [0.717, 1.165) is 11.1 Å². The molecule has 0 unspecified atom stereocenters. The lowest BCUT2D eigenvalue weighted by Crippen LogP contribution is -2.46. The third kappa shape index (κ3) is 20.1. The van der Waals surface area contributed by atoms with Crippen molar-refractivity contribution in [1.29, 1.82) is 0 Å². The van der Waals surface area contributed by atoms with Crippen molar-refractivity contribution < 1.29 is 52.4 Å². The van der Waals surface area contributed by atoms with Gasteiger partial charge >= 0.3 is 17.8 Å². The molecule has 0 radical (unpaired) electrons. The summed E-state index contributed by atoms with van der Waals surface area (Å²) in [6, 6.07) is 16.1. The van der Waals surface area contributed by atoms with E-state index in [9.17, 15) is 28.8 Å². The van der Waals surface area contributed by atoms with Gasteiger partial charge in [0.15, 0.2) is 17.2 Å². The molecule has 0 aliphatic heterocycles. The summed E-state index contributed by atoms with van der Waals surface area (Å²) in [6.45, 7) is 9.57. The van der Waals surface area contributed by atoms with Crippen molar-refractivity contribution in [2.75, 3.05) is 78.7 Å². The highest BCUT2D eigenvalue weighted by molar-refractivity contribution is 5.93. The smallest absolute Gasteiger partial charge is 0.410 e. The first-order chi connectivity index (χ1) is 36.1. The fourth-order valence-electron chi connectivity index (χ4n) is 7.63. The number of aromatic amines is 1. The van der Waals surface area contributed by atoms with Crippen LogP contribution in [-0.2, 0) is 64.2 Å². The average molecular weight is 1040 g/mol. The van der Waals surface area contributed by atoms with E-state index in [1.54, 1.807) is 68.7 Å². The van der Waals surface area contributed by atoms with Crippen LogP contribution < -0.4 is 38.3 Å². The van der Waals surface area contributed by atoms with Crippen molar-refractivity contribution in [2.45, 2.75) is 78.6 Å². The molecule has 0 saturated heterocycles. The van der Waals surface area contributed by atoms with Gasteiger partial charge < -0.3 is 66.1 Å². The zero-order valence-electron chi connectivity index (χ0n) is 43.2. The number of imidazole rings is 1. The molecule has 23 nitrogen and oxygen atoms in total. The molecule has 2 aromatic carbocycles. The number of aryl methyl sites for hydroxylation is 1. The summed E-state index contributed by atoms with van der Waals surface area (Å²) in [6.07, 6.45) is 1.76. The lowest BCUT2D eigenvalue weighted by atomic mass is 9.88. The molecule has 3 aromatic heterocycles. The number of H-pyrrole nitrogens is 1. The number of nitrogens with one attached hydrogen (secondary N) is 3. The number of anilines is 1. The van der Waals surface area contributed by atoms with Gasteiger partial charge in [-0.25, -0.2) is 29.3 Å². The van der Waals surface area contributed by atoms with Gasteiger partial charge in [-0.3, -0.25) is 19.0 Å². The van der Waals surface area contributed by atoms with Crippen LogP contribution in [0.25, 0.3) is 11.2 Å². The van der Waals surface area contributed by atoms with Crippen LogP contribution in [0, 0.1) is 18.8 Å². The van der Waals surface area contributed by atoms with Crippen LogP contribution in [0.1, 0.15) is 67.6 Å². The Labute approximate surface area is 435 Å². The third-order valence-electron chi connectivity index (χ3n) is 11.7. The minimum absolute atomic E-state index is 0.00404. The molecule has 4 amide bonds. The van der Waals surface area contributed by atoms with Crippen molar-refractivity contribution in [3.63, 3.8) is 0 Å². The van der Waals surface area contributed by atoms with Gasteiger partial charge in [-0.2, -0.15) is 0 Å². The topological polar surface area (TPSA) is 323 Å². The Morgan fingerprint density at radius 2 is 1.44 bits per heavy atom. The number of fused-ring (bicyclic) bond motifs is 1. The first-order valence-electron chi connectivity index (χ1n) is 24.9. The number of rotatable bonds is 34. The van der Waals surface area contributed by atoms with E-state index >= 15 is 0 Å². The van der Waals surface area contributed by atoms with Crippen molar-refractivity contribution in [3.05, 3.63) is 105 Å². The number of benzene rings is 2. The number of amides is 4. The molecular weight excluding hydrogens is 971 g/mol. The minimum atomic E-state index is -0.892. The van der Waals surface area contributed by atoms with Crippen LogP contribution >= 0.6 is 0 Å². The second kappa shape index (κ2) is 30.8. The molecule has 9 N–H and O–H groups in total. The standard InChI is InChI=1S/C52H71N11O12/c1-34(2)42(29-40(64)17-20-70-22-24-72-26-27-73-25-23-71-21-18-53)49(66)60-43(6-5-19-56-50(55)67)44(65)28-36-7-9-38(10-8-36)33-74-52(69)62(4)31-37-11-14-41(15-12-37)75-45-16-13-39(30-57-45)32-63-48-46(61-51(63)68)47(54)58-35(3)59-48/h7-16,30,34,42-43H,5-6,17-29,31-33,53H2,1-4H3,(H,60,66)(H,61,68)(H2,54,58,59)(H3,55,56,67)/t42-,43-/m0/s1. The third-order valence-corrected chi connectivity index (χ3v) is 11.7. The van der Waals surface area contributed by atoms with Gasteiger partial charge in [-0.15, -0.1) is 0 Å². The normalized spacial score (nSPS) is 12.1. The van der Waals surface area contributed by atoms with Crippen molar-refractivity contribution >= 4 is 46.6 Å². The molecule has 0 aliphatic carbocycles. The number of hydrogen-bond acceptors (Lipinski definition) is 17. The van der Waals surface area contributed by atoms with E-state index < -0.39 is 30.0 Å². The molecule has 75 heavy (non-hydrogen) atoms. The summed E-state index contributed by atoms with van der Waals surface area (Å²) in [5, 5.41) is 5.40. The lowest BCUT2D eigenvalue weighted by Gasteiger charge is -2.24. The maximum Gasteiger partial charge on any atom is 0.410 e. The van der Waals surface area contributed by atoms with Crippen LogP contribution in [0.5, 0.6) is 11.6 Å². The number of pyridine rings is 1. The van der Waals surface area contributed by atoms with E-state index in [0.29, 0.717) is 99.0 Å². The Balaban J connectivity index is 1.03. The van der Waals surface area contributed by atoms with Crippen LogP contribution in [0.4, 0.5) is 15.4 Å². The zero-order valence-corrected chi connectivity index (χ0v) is 43.2. The Morgan fingerprint density at radius 1 is 0.813 bits per heavy atom. The number of carbonyl (C=O) groups is 5. The second-order valence-corrected chi connectivity index (χ2v) is 18.1. The zero-order chi connectivity index (χ0) is 54.1. The Morgan fingerprint density at radius 3 is 2.07 bits per heavy atom. The molecule has 5 rings (SSSR count). The van der Waals surface area contributed by atoms with Crippen LogP contribution in [0.3, 0.4) is 0 Å². The molecule has 0 aliphatic rings. The van der Waals surface area contributed by atoms with Gasteiger partial charge in [-0.05, 0) is 60.1 Å². The summed E-state index contributed by atoms with van der Waals surface area (Å²) < 4.78 is 34.7. The summed E-state index contributed by atoms with van der Waals surface area (Å²) >= 11 is 0. The molecule has 3 heterocycles.